The molecule has 1 saturated heterocycles. The molecule has 1 atom stereocenters. The first-order valence-electron chi connectivity index (χ1n) is 10.9. The van der Waals surface area contributed by atoms with E-state index in [4.69, 9.17) is 4.74 Å². The molecule has 2 N–H and O–H groups in total. The van der Waals surface area contributed by atoms with Gasteiger partial charge in [0.15, 0.2) is 11.9 Å². The number of imidazole rings is 1. The van der Waals surface area contributed by atoms with E-state index in [1.54, 1.807) is 42.6 Å². The highest BCUT2D eigenvalue weighted by atomic mass is 19.3. The zero-order valence-corrected chi connectivity index (χ0v) is 18.2. The quantitative estimate of drug-likeness (QED) is 0.400. The standard InChI is InChI=1S/C23H23F2N7O2/c24-22(25)16-4-2-1-3-15(16)17-5-6-21-27-13-18(32(21)30-17)23(33)29-19-7-8-26-20(28-19)14-31-9-11-34-12-10-31/h1-8,13,22-23,33H,9-12,14H2,(H,26,28,29). The molecule has 5 rings (SSSR count). The highest BCUT2D eigenvalue weighted by Gasteiger charge is 2.19. The molecule has 9 nitrogen and oxygen atoms in total. The maximum Gasteiger partial charge on any atom is 0.264 e. The summed E-state index contributed by atoms with van der Waals surface area (Å²) >= 11 is 0. The minimum Gasteiger partial charge on any atom is -0.379 e. The van der Waals surface area contributed by atoms with E-state index < -0.39 is 12.7 Å². The summed E-state index contributed by atoms with van der Waals surface area (Å²) in [7, 11) is 0. The van der Waals surface area contributed by atoms with Gasteiger partial charge in [0.05, 0.1) is 31.6 Å². The Hall–Kier alpha value is -3.54. The van der Waals surface area contributed by atoms with Gasteiger partial charge in [-0.3, -0.25) is 4.90 Å². The van der Waals surface area contributed by atoms with E-state index >= 15 is 0 Å². The van der Waals surface area contributed by atoms with Gasteiger partial charge in [0, 0.05) is 30.4 Å². The Morgan fingerprint density at radius 2 is 1.88 bits per heavy atom. The first kappa shape index (κ1) is 22.3. The van der Waals surface area contributed by atoms with Gasteiger partial charge in [0.2, 0.25) is 0 Å². The van der Waals surface area contributed by atoms with E-state index in [-0.39, 0.29) is 5.56 Å². The lowest BCUT2D eigenvalue weighted by Gasteiger charge is -2.25. The minimum atomic E-state index is -2.63. The molecule has 0 aliphatic carbocycles. The van der Waals surface area contributed by atoms with Crippen molar-refractivity contribution in [1.29, 1.82) is 0 Å². The number of nitrogens with zero attached hydrogens (tertiary/aromatic N) is 6. The monoisotopic (exact) mass is 467 g/mol. The van der Waals surface area contributed by atoms with Gasteiger partial charge in [-0.25, -0.2) is 28.2 Å². The van der Waals surface area contributed by atoms with Crippen molar-refractivity contribution in [3.05, 3.63) is 71.9 Å². The first-order chi connectivity index (χ1) is 16.6. The third-order valence-corrected chi connectivity index (χ3v) is 5.60. The lowest BCUT2D eigenvalue weighted by atomic mass is 10.0. The van der Waals surface area contributed by atoms with Crippen molar-refractivity contribution in [1.82, 2.24) is 29.5 Å². The van der Waals surface area contributed by atoms with Gasteiger partial charge in [-0.2, -0.15) is 5.10 Å². The van der Waals surface area contributed by atoms with E-state index in [0.717, 1.165) is 13.1 Å². The van der Waals surface area contributed by atoms with Crippen molar-refractivity contribution >= 4 is 11.5 Å². The largest absolute Gasteiger partial charge is 0.379 e. The number of nitrogens with one attached hydrogen (secondary N) is 1. The Bertz CT molecular complexity index is 1280. The van der Waals surface area contributed by atoms with Gasteiger partial charge < -0.3 is 15.2 Å². The molecule has 1 unspecified atom stereocenters. The smallest absolute Gasteiger partial charge is 0.264 e. The number of hydrogen-bond acceptors (Lipinski definition) is 8. The number of alkyl halides is 2. The zero-order valence-electron chi connectivity index (χ0n) is 18.2. The molecule has 11 heteroatoms. The summed E-state index contributed by atoms with van der Waals surface area (Å²) in [5.41, 5.74) is 1.39. The zero-order chi connectivity index (χ0) is 23.5. The molecule has 4 heterocycles. The third-order valence-electron chi connectivity index (χ3n) is 5.60. The molecule has 1 fully saturated rings. The van der Waals surface area contributed by atoms with E-state index in [0.29, 0.717) is 54.0 Å². The number of aliphatic hydroxyl groups excluding tert-OH is 1. The van der Waals surface area contributed by atoms with Crippen LogP contribution in [0.25, 0.3) is 16.9 Å². The van der Waals surface area contributed by atoms with Crippen LogP contribution in [-0.2, 0) is 11.3 Å². The molecule has 4 aromatic rings. The third kappa shape index (κ3) is 4.72. The molecule has 1 aliphatic rings. The number of anilines is 1. The van der Waals surface area contributed by atoms with Crippen LogP contribution in [0, 0.1) is 0 Å². The van der Waals surface area contributed by atoms with Crippen LogP contribution in [-0.4, -0.2) is 60.9 Å². The van der Waals surface area contributed by atoms with Gasteiger partial charge in [-0.15, -0.1) is 0 Å². The Labute approximate surface area is 194 Å². The molecule has 34 heavy (non-hydrogen) atoms. The number of ether oxygens (including phenoxy) is 1. The minimum absolute atomic E-state index is 0.108. The fourth-order valence-electron chi connectivity index (χ4n) is 3.87. The van der Waals surface area contributed by atoms with Gasteiger partial charge in [-0.05, 0) is 18.2 Å². The number of halogens is 2. The Kier molecular flexibility index (Phi) is 6.39. The van der Waals surface area contributed by atoms with Crippen LogP contribution in [0.2, 0.25) is 0 Å². The van der Waals surface area contributed by atoms with E-state index in [1.807, 2.05) is 0 Å². The molecule has 0 radical (unpaired) electrons. The van der Waals surface area contributed by atoms with Crippen LogP contribution in [0.5, 0.6) is 0 Å². The molecule has 0 bridgehead atoms. The summed E-state index contributed by atoms with van der Waals surface area (Å²) in [6, 6.07) is 11.2. The summed E-state index contributed by atoms with van der Waals surface area (Å²) in [6.07, 6.45) is -0.704. The van der Waals surface area contributed by atoms with Crippen molar-refractivity contribution < 1.29 is 18.6 Å². The molecule has 3 aromatic heterocycles. The van der Waals surface area contributed by atoms with Crippen LogP contribution < -0.4 is 5.32 Å². The summed E-state index contributed by atoms with van der Waals surface area (Å²) in [4.78, 5) is 15.3. The second-order valence-electron chi connectivity index (χ2n) is 7.85. The summed E-state index contributed by atoms with van der Waals surface area (Å²) < 4.78 is 33.8. The van der Waals surface area contributed by atoms with Crippen LogP contribution in [0.3, 0.4) is 0 Å². The number of hydrogen-bond donors (Lipinski definition) is 2. The number of benzene rings is 1. The average molecular weight is 467 g/mol. The van der Waals surface area contributed by atoms with Crippen LogP contribution in [0.4, 0.5) is 14.6 Å². The second-order valence-corrected chi connectivity index (χ2v) is 7.85. The number of morpholine rings is 1. The Morgan fingerprint density at radius 3 is 2.71 bits per heavy atom. The van der Waals surface area contributed by atoms with Crippen molar-refractivity contribution in [2.75, 3.05) is 31.6 Å². The maximum absolute atomic E-state index is 13.5. The molecule has 0 saturated carbocycles. The predicted octanol–water partition coefficient (Wildman–Crippen LogP) is 3.06. The fourth-order valence-corrected chi connectivity index (χ4v) is 3.87. The maximum atomic E-state index is 13.5. The first-order valence-corrected chi connectivity index (χ1v) is 10.9. The van der Waals surface area contributed by atoms with Gasteiger partial charge in [-0.1, -0.05) is 24.3 Å². The SMILES string of the molecule is OC(Nc1ccnc(CN2CCOCC2)n1)c1cnc2ccc(-c3ccccc3C(F)F)nn12. The second kappa shape index (κ2) is 9.75. The van der Waals surface area contributed by atoms with Gasteiger partial charge in [0.1, 0.15) is 17.3 Å². The lowest BCUT2D eigenvalue weighted by molar-refractivity contribution is 0.0330. The fraction of sp³-hybridized carbons (Fsp3) is 0.304. The van der Waals surface area contributed by atoms with E-state index in [2.05, 4.69) is 30.3 Å². The molecular formula is C23H23F2N7O2. The molecule has 1 aromatic carbocycles. The van der Waals surface area contributed by atoms with Crippen LogP contribution in [0.15, 0.2) is 54.9 Å². The van der Waals surface area contributed by atoms with E-state index in [9.17, 15) is 13.9 Å². The topological polar surface area (TPSA) is 101 Å². The van der Waals surface area contributed by atoms with Crippen molar-refractivity contribution in [3.63, 3.8) is 0 Å². The van der Waals surface area contributed by atoms with Gasteiger partial charge >= 0.3 is 0 Å². The molecule has 0 amide bonds. The molecular weight excluding hydrogens is 444 g/mol. The van der Waals surface area contributed by atoms with Crippen molar-refractivity contribution in [2.45, 2.75) is 19.2 Å². The Balaban J connectivity index is 1.38. The summed E-state index contributed by atoms with van der Waals surface area (Å²) in [5, 5.41) is 18.3. The predicted molar refractivity (Wildman–Crippen MR) is 120 cm³/mol. The lowest BCUT2D eigenvalue weighted by Crippen LogP contribution is -2.36. The summed E-state index contributed by atoms with van der Waals surface area (Å²) in [5.74, 6) is 1.07. The number of fused-ring (bicyclic) bond motifs is 1. The number of aliphatic hydroxyl groups is 1. The highest BCUT2D eigenvalue weighted by Crippen LogP contribution is 2.30. The van der Waals surface area contributed by atoms with Crippen molar-refractivity contribution in [2.24, 2.45) is 0 Å². The van der Waals surface area contributed by atoms with Crippen LogP contribution in [0.1, 0.15) is 29.7 Å². The van der Waals surface area contributed by atoms with Crippen molar-refractivity contribution in [3.8, 4) is 11.3 Å². The van der Waals surface area contributed by atoms with Gasteiger partial charge in [0.25, 0.3) is 6.43 Å². The number of aromatic nitrogens is 5. The highest BCUT2D eigenvalue weighted by molar-refractivity contribution is 5.65. The average Bonchev–Trinajstić information content (AvgIpc) is 3.28. The molecule has 1 aliphatic heterocycles. The number of rotatable bonds is 7. The Morgan fingerprint density at radius 1 is 1.06 bits per heavy atom. The summed E-state index contributed by atoms with van der Waals surface area (Å²) in [6.45, 7) is 3.57. The molecule has 176 valence electrons. The molecule has 0 spiro atoms. The van der Waals surface area contributed by atoms with Crippen LogP contribution >= 0.6 is 0 Å². The van der Waals surface area contributed by atoms with E-state index in [1.165, 1.54) is 16.8 Å². The normalized spacial score (nSPS) is 15.6.